The summed E-state index contributed by atoms with van der Waals surface area (Å²) in [5.41, 5.74) is 0. The highest BCUT2D eigenvalue weighted by Gasteiger charge is 2.27. The van der Waals surface area contributed by atoms with Gasteiger partial charge < -0.3 is 5.32 Å². The van der Waals surface area contributed by atoms with E-state index in [2.05, 4.69) is 10.3 Å². The largest absolute Gasteiger partial charge is 0.379 e. The van der Waals surface area contributed by atoms with E-state index >= 15 is 0 Å². The van der Waals surface area contributed by atoms with Gasteiger partial charge in [-0.15, -0.1) is 0 Å². The summed E-state index contributed by atoms with van der Waals surface area (Å²) in [7, 11) is 0. The Hall–Kier alpha value is -0.210. The van der Waals surface area contributed by atoms with E-state index in [-0.39, 0.29) is 6.04 Å². The average molecular weight is 179 g/mol. The predicted molar refractivity (Wildman–Crippen MR) is 44.7 cm³/mol. The van der Waals surface area contributed by atoms with Crippen molar-refractivity contribution in [3.8, 4) is 0 Å². The lowest BCUT2D eigenvalue weighted by Crippen LogP contribution is -2.41. The molecule has 0 aromatic carbocycles. The zero-order valence-corrected chi connectivity index (χ0v) is 7.02. The maximum Gasteiger partial charge on any atom is 0.140 e. The maximum absolute atomic E-state index is 5.79. The van der Waals surface area contributed by atoms with Gasteiger partial charge in [0, 0.05) is 18.6 Å². The number of rotatable bonds is 1. The summed E-state index contributed by atoms with van der Waals surface area (Å²) in [6.45, 7) is 1.72. The lowest BCUT2D eigenvalue weighted by atomic mass is 10.2. The highest BCUT2D eigenvalue weighted by Crippen LogP contribution is 2.23. The van der Waals surface area contributed by atoms with E-state index in [0.29, 0.717) is 0 Å². The van der Waals surface area contributed by atoms with Crippen LogP contribution < -0.4 is 5.32 Å². The molecule has 1 unspecified atom stereocenters. The minimum absolute atomic E-state index is 0.0965. The highest BCUT2D eigenvalue weighted by molar-refractivity contribution is 6.49. The summed E-state index contributed by atoms with van der Waals surface area (Å²) in [4.78, 5) is 3.89. The molecule has 1 atom stereocenters. The number of aliphatic imine (C=N–C) groups is 1. The molecule has 10 heavy (non-hydrogen) atoms. The molecule has 0 aromatic heterocycles. The van der Waals surface area contributed by atoms with Gasteiger partial charge in [-0.25, -0.2) is 0 Å². The Bertz CT molecular complexity index is 169. The van der Waals surface area contributed by atoms with Crippen LogP contribution in [0.1, 0.15) is 6.92 Å². The Labute approximate surface area is 69.9 Å². The molecule has 0 fully saturated rings. The van der Waals surface area contributed by atoms with Gasteiger partial charge in [0.2, 0.25) is 0 Å². The molecule has 0 saturated heterocycles. The molecular weight excluding hydrogens is 171 g/mol. The second kappa shape index (κ2) is 2.81. The molecule has 0 amide bonds. The summed E-state index contributed by atoms with van der Waals surface area (Å²) < 4.78 is -0.797. The number of halogens is 2. The van der Waals surface area contributed by atoms with Gasteiger partial charge in [-0.3, -0.25) is 4.99 Å². The van der Waals surface area contributed by atoms with Gasteiger partial charge in [0.15, 0.2) is 0 Å². The second-order valence-corrected chi connectivity index (χ2v) is 3.98. The quantitative estimate of drug-likeness (QED) is 0.608. The standard InChI is InChI=1S/C6H8Cl2N2/c1-6(7,8)5-4-9-2-3-10-5/h2-5,10H,1H3. The van der Waals surface area contributed by atoms with Crippen molar-refractivity contribution >= 4 is 29.4 Å². The van der Waals surface area contributed by atoms with Gasteiger partial charge in [-0.05, 0) is 6.92 Å². The summed E-state index contributed by atoms with van der Waals surface area (Å²) in [5.74, 6) is 0. The molecule has 1 rings (SSSR count). The first-order valence-corrected chi connectivity index (χ1v) is 3.68. The van der Waals surface area contributed by atoms with Crippen molar-refractivity contribution in [2.24, 2.45) is 4.99 Å². The summed E-state index contributed by atoms with van der Waals surface area (Å²) >= 11 is 11.6. The molecule has 0 saturated carbocycles. The van der Waals surface area contributed by atoms with Crippen molar-refractivity contribution in [1.82, 2.24) is 5.32 Å². The first-order valence-electron chi connectivity index (χ1n) is 2.93. The van der Waals surface area contributed by atoms with Crippen molar-refractivity contribution in [3.63, 3.8) is 0 Å². The van der Waals surface area contributed by atoms with Crippen LogP contribution in [-0.2, 0) is 0 Å². The minimum atomic E-state index is -0.797. The van der Waals surface area contributed by atoms with Gasteiger partial charge in [-0.1, -0.05) is 23.2 Å². The van der Waals surface area contributed by atoms with Crippen molar-refractivity contribution in [2.75, 3.05) is 0 Å². The van der Waals surface area contributed by atoms with E-state index in [9.17, 15) is 0 Å². The van der Waals surface area contributed by atoms with Gasteiger partial charge >= 0.3 is 0 Å². The number of hydrogen-bond acceptors (Lipinski definition) is 2. The van der Waals surface area contributed by atoms with Crippen LogP contribution in [-0.4, -0.2) is 16.6 Å². The fraction of sp³-hybridized carbons (Fsp3) is 0.500. The van der Waals surface area contributed by atoms with Gasteiger partial charge in [-0.2, -0.15) is 0 Å². The third kappa shape index (κ3) is 1.89. The Morgan fingerprint density at radius 1 is 1.60 bits per heavy atom. The van der Waals surface area contributed by atoms with Crippen molar-refractivity contribution < 1.29 is 0 Å². The first-order chi connectivity index (χ1) is 4.61. The smallest absolute Gasteiger partial charge is 0.140 e. The van der Waals surface area contributed by atoms with Crippen LogP contribution >= 0.6 is 23.2 Å². The third-order valence-electron chi connectivity index (χ3n) is 1.22. The zero-order valence-electron chi connectivity index (χ0n) is 5.51. The van der Waals surface area contributed by atoms with Crippen LogP contribution in [0.5, 0.6) is 0 Å². The topological polar surface area (TPSA) is 24.4 Å². The molecular formula is C6H8Cl2N2. The number of alkyl halides is 2. The van der Waals surface area contributed by atoms with E-state index in [1.807, 2.05) is 0 Å². The Morgan fingerprint density at radius 2 is 2.30 bits per heavy atom. The molecule has 2 nitrogen and oxygen atoms in total. The normalized spacial score (nSPS) is 24.5. The van der Waals surface area contributed by atoms with Crippen LogP contribution in [0.15, 0.2) is 17.4 Å². The zero-order chi connectivity index (χ0) is 7.61. The van der Waals surface area contributed by atoms with E-state index in [1.54, 1.807) is 25.5 Å². The fourth-order valence-corrected chi connectivity index (χ4v) is 0.884. The van der Waals surface area contributed by atoms with Gasteiger partial charge in [0.05, 0.1) is 6.04 Å². The molecule has 1 aliphatic heterocycles. The summed E-state index contributed by atoms with van der Waals surface area (Å²) in [6, 6.07) is -0.0965. The van der Waals surface area contributed by atoms with Crippen molar-refractivity contribution in [1.29, 1.82) is 0 Å². The Kier molecular flexibility index (Phi) is 2.21. The monoisotopic (exact) mass is 178 g/mol. The van der Waals surface area contributed by atoms with Gasteiger partial charge in [0.1, 0.15) is 4.33 Å². The summed E-state index contributed by atoms with van der Waals surface area (Å²) in [5, 5.41) is 2.97. The average Bonchev–Trinajstić information content (AvgIpc) is 1.88. The maximum atomic E-state index is 5.79. The lowest BCUT2D eigenvalue weighted by molar-refractivity contribution is 0.674. The van der Waals surface area contributed by atoms with Crippen LogP contribution in [0.4, 0.5) is 0 Å². The van der Waals surface area contributed by atoms with E-state index in [1.165, 1.54) is 0 Å². The van der Waals surface area contributed by atoms with Gasteiger partial charge in [0.25, 0.3) is 0 Å². The predicted octanol–water partition coefficient (Wildman–Crippen LogP) is 1.69. The van der Waals surface area contributed by atoms with E-state index in [0.717, 1.165) is 0 Å². The molecule has 0 aliphatic carbocycles. The van der Waals surface area contributed by atoms with Crippen LogP contribution in [0.3, 0.4) is 0 Å². The molecule has 1 heterocycles. The molecule has 4 heteroatoms. The number of nitrogens with one attached hydrogen (secondary N) is 1. The third-order valence-corrected chi connectivity index (χ3v) is 1.69. The van der Waals surface area contributed by atoms with Crippen molar-refractivity contribution in [3.05, 3.63) is 12.4 Å². The lowest BCUT2D eigenvalue weighted by Gasteiger charge is -2.24. The molecule has 0 bridgehead atoms. The first kappa shape index (κ1) is 7.89. The van der Waals surface area contributed by atoms with Crippen LogP contribution in [0.2, 0.25) is 0 Å². The molecule has 0 radical (unpaired) electrons. The number of hydrogen-bond donors (Lipinski definition) is 1. The van der Waals surface area contributed by atoms with E-state index in [4.69, 9.17) is 23.2 Å². The Morgan fingerprint density at radius 3 is 2.60 bits per heavy atom. The molecule has 1 aliphatic rings. The molecule has 1 N–H and O–H groups in total. The second-order valence-electron chi connectivity index (χ2n) is 2.21. The Balaban J connectivity index is 2.60. The summed E-state index contributed by atoms with van der Waals surface area (Å²) in [6.07, 6.45) is 5.05. The molecule has 0 spiro atoms. The highest BCUT2D eigenvalue weighted by atomic mass is 35.5. The van der Waals surface area contributed by atoms with Crippen LogP contribution in [0.25, 0.3) is 0 Å². The van der Waals surface area contributed by atoms with Crippen molar-refractivity contribution in [2.45, 2.75) is 17.3 Å². The number of nitrogens with zero attached hydrogens (tertiary/aromatic N) is 1. The van der Waals surface area contributed by atoms with Crippen LogP contribution in [0, 0.1) is 0 Å². The minimum Gasteiger partial charge on any atom is -0.379 e. The SMILES string of the molecule is CC(Cl)(Cl)C1C=NC=CN1. The fourth-order valence-electron chi connectivity index (χ4n) is 0.646. The van der Waals surface area contributed by atoms with E-state index < -0.39 is 4.33 Å². The molecule has 0 aromatic rings. The molecule has 56 valence electrons.